The molecule has 0 bridgehead atoms. The molecule has 0 unspecified atom stereocenters. The van der Waals surface area contributed by atoms with Crippen LogP contribution in [0.4, 0.5) is 0 Å². The molecule has 0 spiro atoms. The van der Waals surface area contributed by atoms with Crippen molar-refractivity contribution in [1.82, 2.24) is 20.1 Å². The molecule has 0 saturated heterocycles. The Balaban J connectivity index is 1.44. The van der Waals surface area contributed by atoms with Crippen molar-refractivity contribution in [2.45, 2.75) is 32.4 Å². The van der Waals surface area contributed by atoms with Gasteiger partial charge in [-0.05, 0) is 19.3 Å². The van der Waals surface area contributed by atoms with E-state index in [4.69, 9.17) is 0 Å². The maximum atomic E-state index is 12.4. The Morgan fingerprint density at radius 2 is 2.12 bits per heavy atom. The molecule has 1 N–H and O–H groups in total. The second kappa shape index (κ2) is 6.57. The highest BCUT2D eigenvalue weighted by Crippen LogP contribution is 2.23. The van der Waals surface area contributed by atoms with Crippen molar-refractivity contribution in [3.8, 4) is 10.6 Å². The van der Waals surface area contributed by atoms with Crippen molar-refractivity contribution >= 4 is 17.2 Å². The molecule has 6 heteroatoms. The van der Waals surface area contributed by atoms with Crippen LogP contribution in [-0.2, 0) is 19.5 Å². The van der Waals surface area contributed by atoms with Crippen LogP contribution in [0.3, 0.4) is 0 Å². The lowest BCUT2D eigenvalue weighted by atomic mass is 10.1. The highest BCUT2D eigenvalue weighted by Gasteiger charge is 2.16. The van der Waals surface area contributed by atoms with Crippen LogP contribution in [-0.4, -0.2) is 20.7 Å². The Kier molecular flexibility index (Phi) is 4.13. The molecule has 24 heavy (non-hydrogen) atoms. The number of fused-ring (bicyclic) bond motifs is 1. The minimum Gasteiger partial charge on any atom is -0.346 e. The third-order valence-electron chi connectivity index (χ3n) is 4.27. The van der Waals surface area contributed by atoms with E-state index in [0.717, 1.165) is 29.1 Å². The van der Waals surface area contributed by atoms with Crippen LogP contribution in [0.2, 0.25) is 0 Å². The number of hydrogen-bond donors (Lipinski definition) is 1. The van der Waals surface area contributed by atoms with E-state index in [2.05, 4.69) is 20.1 Å². The van der Waals surface area contributed by atoms with Gasteiger partial charge in [-0.2, -0.15) is 5.10 Å². The van der Waals surface area contributed by atoms with Crippen molar-refractivity contribution in [3.05, 3.63) is 58.9 Å². The van der Waals surface area contributed by atoms with E-state index >= 15 is 0 Å². The second-order valence-corrected chi connectivity index (χ2v) is 6.74. The maximum absolute atomic E-state index is 12.4. The first-order valence-corrected chi connectivity index (χ1v) is 9.02. The second-order valence-electron chi connectivity index (χ2n) is 5.88. The first-order valence-electron chi connectivity index (χ1n) is 8.14. The Hall–Kier alpha value is -2.47. The Morgan fingerprint density at radius 3 is 3.00 bits per heavy atom. The normalized spacial score (nSPS) is 13.5. The van der Waals surface area contributed by atoms with Crippen molar-refractivity contribution in [2.75, 3.05) is 0 Å². The molecule has 0 fully saturated rings. The summed E-state index contributed by atoms with van der Waals surface area (Å²) in [5, 5.41) is 10.0. The average molecular weight is 338 g/mol. The lowest BCUT2D eigenvalue weighted by Gasteiger charge is -2.14. The summed E-state index contributed by atoms with van der Waals surface area (Å²) in [5.74, 6) is -0.135. The minimum atomic E-state index is -0.135. The number of aryl methyl sites for hydroxylation is 1. The van der Waals surface area contributed by atoms with E-state index < -0.39 is 0 Å². The molecule has 1 aliphatic rings. The summed E-state index contributed by atoms with van der Waals surface area (Å²) >= 11 is 1.49. The molecule has 4 rings (SSSR count). The van der Waals surface area contributed by atoms with Gasteiger partial charge in [-0.3, -0.25) is 9.48 Å². The highest BCUT2D eigenvalue weighted by atomic mass is 32.1. The van der Waals surface area contributed by atoms with Crippen LogP contribution in [0.25, 0.3) is 10.6 Å². The lowest BCUT2D eigenvalue weighted by molar-refractivity contribution is 0.0946. The highest BCUT2D eigenvalue weighted by molar-refractivity contribution is 7.13. The predicted octanol–water partition coefficient (Wildman–Crippen LogP) is 3.27. The summed E-state index contributed by atoms with van der Waals surface area (Å²) in [4.78, 5) is 16.8. The summed E-state index contributed by atoms with van der Waals surface area (Å²) in [6, 6.07) is 9.91. The van der Waals surface area contributed by atoms with E-state index in [1.165, 1.54) is 29.9 Å². The predicted molar refractivity (Wildman–Crippen MR) is 93.9 cm³/mol. The number of carbonyl (C=O) groups is 1. The summed E-state index contributed by atoms with van der Waals surface area (Å²) < 4.78 is 2.06. The molecule has 1 aliphatic heterocycles. The van der Waals surface area contributed by atoms with Gasteiger partial charge in [-0.15, -0.1) is 11.3 Å². The maximum Gasteiger partial charge on any atom is 0.271 e. The van der Waals surface area contributed by atoms with Crippen molar-refractivity contribution in [1.29, 1.82) is 0 Å². The lowest BCUT2D eigenvalue weighted by Crippen LogP contribution is -2.24. The zero-order valence-electron chi connectivity index (χ0n) is 13.2. The Labute approximate surface area is 144 Å². The minimum absolute atomic E-state index is 0.135. The average Bonchev–Trinajstić information content (AvgIpc) is 3.28. The number of nitrogens with one attached hydrogen (secondary N) is 1. The van der Waals surface area contributed by atoms with Gasteiger partial charge in [0.15, 0.2) is 0 Å². The van der Waals surface area contributed by atoms with Crippen molar-refractivity contribution in [2.24, 2.45) is 0 Å². The van der Waals surface area contributed by atoms with Gasteiger partial charge in [-0.1, -0.05) is 30.3 Å². The molecule has 0 atom stereocenters. The van der Waals surface area contributed by atoms with Crippen LogP contribution in [0.5, 0.6) is 0 Å². The van der Waals surface area contributed by atoms with Gasteiger partial charge in [0.05, 0.1) is 6.20 Å². The van der Waals surface area contributed by atoms with Gasteiger partial charge in [0, 0.05) is 35.3 Å². The molecular weight excluding hydrogens is 320 g/mol. The molecule has 1 aromatic carbocycles. The van der Waals surface area contributed by atoms with Crippen LogP contribution >= 0.6 is 11.3 Å². The van der Waals surface area contributed by atoms with Gasteiger partial charge >= 0.3 is 0 Å². The van der Waals surface area contributed by atoms with Crippen LogP contribution in [0.1, 0.15) is 34.6 Å². The van der Waals surface area contributed by atoms with Crippen LogP contribution < -0.4 is 5.32 Å². The van der Waals surface area contributed by atoms with Gasteiger partial charge in [-0.25, -0.2) is 4.98 Å². The number of benzene rings is 1. The zero-order valence-corrected chi connectivity index (χ0v) is 14.1. The van der Waals surface area contributed by atoms with E-state index in [-0.39, 0.29) is 5.91 Å². The summed E-state index contributed by atoms with van der Waals surface area (Å²) in [6.07, 6.45) is 5.29. The molecule has 122 valence electrons. The van der Waals surface area contributed by atoms with Gasteiger partial charge in [0.1, 0.15) is 10.7 Å². The van der Waals surface area contributed by atoms with Gasteiger partial charge < -0.3 is 5.32 Å². The number of carbonyl (C=O) groups excluding carboxylic acids is 1. The largest absolute Gasteiger partial charge is 0.346 e. The molecule has 0 aliphatic carbocycles. The van der Waals surface area contributed by atoms with Crippen molar-refractivity contribution in [3.63, 3.8) is 0 Å². The third-order valence-corrected chi connectivity index (χ3v) is 5.16. The number of aromatic nitrogens is 3. The number of amides is 1. The quantitative estimate of drug-likeness (QED) is 0.794. The smallest absolute Gasteiger partial charge is 0.271 e. The number of thiazole rings is 1. The molecule has 5 nitrogen and oxygen atoms in total. The monoisotopic (exact) mass is 338 g/mol. The van der Waals surface area contributed by atoms with E-state index in [1.807, 2.05) is 41.9 Å². The first-order chi connectivity index (χ1) is 11.8. The standard InChI is InChI=1S/C18H18N4OS/c23-17(15-12-24-18(21-15)13-6-2-1-3-7-13)19-10-14-11-20-22-9-5-4-8-16(14)22/h1-3,6-7,11-12H,4-5,8-10H2,(H,19,23). The van der Waals surface area contributed by atoms with E-state index in [9.17, 15) is 4.79 Å². The zero-order chi connectivity index (χ0) is 16.4. The summed E-state index contributed by atoms with van der Waals surface area (Å²) in [6.45, 7) is 1.49. The fraction of sp³-hybridized carbons (Fsp3) is 0.278. The molecule has 2 aromatic heterocycles. The van der Waals surface area contributed by atoms with Gasteiger partial charge in [0.2, 0.25) is 0 Å². The number of nitrogens with zero attached hydrogens (tertiary/aromatic N) is 3. The molecule has 0 radical (unpaired) electrons. The molecule has 1 amide bonds. The number of hydrogen-bond acceptors (Lipinski definition) is 4. The first kappa shape index (κ1) is 15.1. The van der Waals surface area contributed by atoms with Gasteiger partial charge in [0.25, 0.3) is 5.91 Å². The van der Waals surface area contributed by atoms with E-state index in [1.54, 1.807) is 0 Å². The Bertz CT molecular complexity index is 853. The van der Waals surface area contributed by atoms with Crippen molar-refractivity contribution < 1.29 is 4.79 Å². The molecule has 3 aromatic rings. The fourth-order valence-electron chi connectivity index (χ4n) is 2.99. The topological polar surface area (TPSA) is 59.8 Å². The molecule has 3 heterocycles. The van der Waals surface area contributed by atoms with Crippen LogP contribution in [0.15, 0.2) is 41.9 Å². The summed E-state index contributed by atoms with van der Waals surface area (Å²) in [5.41, 5.74) is 3.87. The van der Waals surface area contributed by atoms with E-state index in [0.29, 0.717) is 12.2 Å². The SMILES string of the molecule is O=C(NCc1cnn2c1CCCC2)c1csc(-c2ccccc2)n1. The van der Waals surface area contributed by atoms with Crippen LogP contribution in [0, 0.1) is 0 Å². The Morgan fingerprint density at radius 1 is 1.25 bits per heavy atom. The summed E-state index contributed by atoms with van der Waals surface area (Å²) in [7, 11) is 0. The fourth-order valence-corrected chi connectivity index (χ4v) is 3.80. The number of rotatable bonds is 4. The molecule has 0 saturated carbocycles. The third kappa shape index (κ3) is 2.97. The molecular formula is C18H18N4OS.